The molecule has 2 aromatic rings. The number of aryl methyl sites for hydroxylation is 1. The summed E-state index contributed by atoms with van der Waals surface area (Å²) in [7, 11) is 0. The van der Waals surface area contributed by atoms with E-state index in [0.717, 1.165) is 32.2 Å². The summed E-state index contributed by atoms with van der Waals surface area (Å²) >= 11 is 0. The van der Waals surface area contributed by atoms with E-state index >= 15 is 0 Å². The third-order valence-electron chi connectivity index (χ3n) is 4.62. The molecule has 2 aromatic carbocycles. The summed E-state index contributed by atoms with van der Waals surface area (Å²) in [5, 5.41) is 0. The van der Waals surface area contributed by atoms with Gasteiger partial charge in [-0.2, -0.15) is 0 Å². The molecule has 1 atom stereocenters. The van der Waals surface area contributed by atoms with Crippen LogP contribution in [0.15, 0.2) is 48.5 Å². The van der Waals surface area contributed by atoms with E-state index in [1.54, 1.807) is 6.07 Å². The van der Waals surface area contributed by atoms with Gasteiger partial charge in [-0.1, -0.05) is 37.3 Å². The Kier molecular flexibility index (Phi) is 6.27. The van der Waals surface area contributed by atoms with Crippen LogP contribution in [0.5, 0.6) is 0 Å². The zero-order valence-electron chi connectivity index (χ0n) is 14.1. The number of nitrogens with two attached hydrogens (primary N) is 1. The van der Waals surface area contributed by atoms with Crippen molar-refractivity contribution < 1.29 is 4.79 Å². The Bertz CT molecular complexity index is 702. The van der Waals surface area contributed by atoms with E-state index in [-0.39, 0.29) is 24.4 Å². The second kappa shape index (κ2) is 8.20. The van der Waals surface area contributed by atoms with E-state index in [1.807, 2.05) is 23.1 Å². The molecular weight excluding hydrogens is 320 g/mol. The van der Waals surface area contributed by atoms with Crippen molar-refractivity contribution in [3.63, 3.8) is 0 Å². The molecule has 4 heteroatoms. The lowest BCUT2D eigenvalue weighted by molar-refractivity contribution is 0.0661. The molecule has 24 heavy (non-hydrogen) atoms. The van der Waals surface area contributed by atoms with Crippen LogP contribution in [0.3, 0.4) is 0 Å². The number of halogens is 1. The second-order valence-corrected chi connectivity index (χ2v) is 6.29. The Balaban J connectivity index is 0.00000208. The molecule has 0 fully saturated rings. The molecule has 1 amide bonds. The maximum Gasteiger partial charge on any atom is 0.254 e. The lowest BCUT2D eigenvalue weighted by Gasteiger charge is -2.35. The van der Waals surface area contributed by atoms with Crippen molar-refractivity contribution in [2.45, 2.75) is 38.6 Å². The third-order valence-corrected chi connectivity index (χ3v) is 4.62. The molecule has 1 aliphatic carbocycles. The summed E-state index contributed by atoms with van der Waals surface area (Å²) in [6, 6.07) is 16.2. The predicted octanol–water partition coefficient (Wildman–Crippen LogP) is 4.10. The number of hydrogen-bond acceptors (Lipinski definition) is 2. The number of anilines is 1. The molecule has 1 unspecified atom stereocenters. The lowest BCUT2D eigenvalue weighted by atomic mass is 9.87. The van der Waals surface area contributed by atoms with Crippen LogP contribution < -0.4 is 5.73 Å². The van der Waals surface area contributed by atoms with E-state index in [9.17, 15) is 4.79 Å². The Hall–Kier alpha value is -2.00. The maximum absolute atomic E-state index is 13.0. The maximum atomic E-state index is 13.0. The summed E-state index contributed by atoms with van der Waals surface area (Å²) in [4.78, 5) is 15.0. The molecule has 0 saturated carbocycles. The number of benzene rings is 2. The standard InChI is InChI=1S/C20H24N2O.ClH/c1-2-12-22(20(23)17-8-5-9-18(21)13-17)19-11-10-15-6-3-4-7-16(15)14-19;/h3-9,13,19H,2,10-12,14,21H2,1H3;1H. The topological polar surface area (TPSA) is 46.3 Å². The molecule has 2 N–H and O–H groups in total. The monoisotopic (exact) mass is 344 g/mol. The number of hydrogen-bond donors (Lipinski definition) is 1. The number of rotatable bonds is 4. The largest absolute Gasteiger partial charge is 0.399 e. The van der Waals surface area contributed by atoms with Crippen LogP contribution in [0.25, 0.3) is 0 Å². The third kappa shape index (κ3) is 3.90. The van der Waals surface area contributed by atoms with Gasteiger partial charge in [0.15, 0.2) is 0 Å². The average molecular weight is 345 g/mol. The molecule has 0 saturated heterocycles. The molecule has 0 aromatic heterocycles. The zero-order chi connectivity index (χ0) is 16.2. The molecule has 0 radical (unpaired) electrons. The number of fused-ring (bicyclic) bond motifs is 1. The van der Waals surface area contributed by atoms with Gasteiger partial charge in [0, 0.05) is 23.8 Å². The highest BCUT2D eigenvalue weighted by Gasteiger charge is 2.27. The Morgan fingerprint density at radius 3 is 2.62 bits per heavy atom. The fourth-order valence-corrected chi connectivity index (χ4v) is 3.47. The van der Waals surface area contributed by atoms with Crippen LogP contribution >= 0.6 is 12.4 Å². The quantitative estimate of drug-likeness (QED) is 0.849. The van der Waals surface area contributed by atoms with Crippen LogP contribution in [-0.2, 0) is 12.8 Å². The van der Waals surface area contributed by atoms with Gasteiger partial charge in [-0.05, 0) is 55.0 Å². The molecule has 128 valence electrons. The average Bonchev–Trinajstić information content (AvgIpc) is 2.58. The van der Waals surface area contributed by atoms with Gasteiger partial charge in [0.2, 0.25) is 0 Å². The van der Waals surface area contributed by atoms with Crippen LogP contribution in [0.4, 0.5) is 5.69 Å². The minimum atomic E-state index is 0. The first-order chi connectivity index (χ1) is 11.2. The number of amides is 1. The Morgan fingerprint density at radius 1 is 1.17 bits per heavy atom. The van der Waals surface area contributed by atoms with E-state index in [4.69, 9.17) is 5.73 Å². The highest BCUT2D eigenvalue weighted by Crippen LogP contribution is 2.26. The molecule has 0 spiro atoms. The molecule has 3 nitrogen and oxygen atoms in total. The summed E-state index contributed by atoms with van der Waals surface area (Å²) in [5.74, 6) is 0.100. The fraction of sp³-hybridized carbons (Fsp3) is 0.350. The van der Waals surface area contributed by atoms with E-state index in [0.29, 0.717) is 11.3 Å². The normalized spacial score (nSPS) is 16.0. The smallest absolute Gasteiger partial charge is 0.254 e. The van der Waals surface area contributed by atoms with Gasteiger partial charge in [-0.25, -0.2) is 0 Å². The zero-order valence-corrected chi connectivity index (χ0v) is 14.9. The van der Waals surface area contributed by atoms with Crippen LogP contribution in [0.1, 0.15) is 41.3 Å². The summed E-state index contributed by atoms with van der Waals surface area (Å²) in [6.07, 6.45) is 3.99. The van der Waals surface area contributed by atoms with Gasteiger partial charge in [-0.3, -0.25) is 4.79 Å². The molecule has 0 bridgehead atoms. The molecule has 0 aliphatic heterocycles. The van der Waals surface area contributed by atoms with Crippen molar-refractivity contribution in [1.29, 1.82) is 0 Å². The molecule has 1 aliphatic rings. The van der Waals surface area contributed by atoms with Gasteiger partial charge >= 0.3 is 0 Å². The van der Waals surface area contributed by atoms with Crippen molar-refractivity contribution in [2.24, 2.45) is 0 Å². The van der Waals surface area contributed by atoms with Crippen LogP contribution in [0.2, 0.25) is 0 Å². The lowest BCUT2D eigenvalue weighted by Crippen LogP contribution is -2.43. The minimum Gasteiger partial charge on any atom is -0.399 e. The summed E-state index contributed by atoms with van der Waals surface area (Å²) < 4.78 is 0. The summed E-state index contributed by atoms with van der Waals surface area (Å²) in [6.45, 7) is 2.91. The van der Waals surface area contributed by atoms with Crippen molar-refractivity contribution in [1.82, 2.24) is 4.90 Å². The molecule has 0 heterocycles. The van der Waals surface area contributed by atoms with Gasteiger partial charge in [0.1, 0.15) is 0 Å². The first kappa shape index (κ1) is 18.3. The van der Waals surface area contributed by atoms with Gasteiger partial charge in [0.05, 0.1) is 0 Å². The van der Waals surface area contributed by atoms with E-state index < -0.39 is 0 Å². The predicted molar refractivity (Wildman–Crippen MR) is 102 cm³/mol. The Morgan fingerprint density at radius 2 is 1.92 bits per heavy atom. The SMILES string of the molecule is CCCN(C(=O)c1cccc(N)c1)C1CCc2ccccc2C1.Cl. The number of nitrogens with zero attached hydrogens (tertiary/aromatic N) is 1. The number of nitrogen functional groups attached to an aromatic ring is 1. The highest BCUT2D eigenvalue weighted by molar-refractivity contribution is 5.95. The van der Waals surface area contributed by atoms with Gasteiger partial charge in [0.25, 0.3) is 5.91 Å². The van der Waals surface area contributed by atoms with Gasteiger partial charge in [-0.15, -0.1) is 12.4 Å². The first-order valence-electron chi connectivity index (χ1n) is 8.42. The number of carbonyl (C=O) groups is 1. The van der Waals surface area contributed by atoms with E-state index in [2.05, 4.69) is 31.2 Å². The fourth-order valence-electron chi connectivity index (χ4n) is 3.47. The van der Waals surface area contributed by atoms with Crippen molar-refractivity contribution in [2.75, 3.05) is 12.3 Å². The van der Waals surface area contributed by atoms with Crippen molar-refractivity contribution >= 4 is 24.0 Å². The Labute approximate surface area is 150 Å². The molecular formula is C20H25ClN2O. The van der Waals surface area contributed by atoms with Crippen molar-refractivity contribution in [3.05, 3.63) is 65.2 Å². The van der Waals surface area contributed by atoms with Gasteiger partial charge < -0.3 is 10.6 Å². The number of carbonyl (C=O) groups excluding carboxylic acids is 1. The van der Waals surface area contributed by atoms with Crippen LogP contribution in [-0.4, -0.2) is 23.4 Å². The van der Waals surface area contributed by atoms with Crippen molar-refractivity contribution in [3.8, 4) is 0 Å². The highest BCUT2D eigenvalue weighted by atomic mass is 35.5. The minimum absolute atomic E-state index is 0. The van der Waals surface area contributed by atoms with E-state index in [1.165, 1.54) is 11.1 Å². The molecule has 3 rings (SSSR count). The second-order valence-electron chi connectivity index (χ2n) is 6.29. The van der Waals surface area contributed by atoms with Crippen LogP contribution in [0, 0.1) is 0 Å². The first-order valence-corrected chi connectivity index (χ1v) is 8.42. The summed E-state index contributed by atoms with van der Waals surface area (Å²) in [5.41, 5.74) is 9.98.